The normalized spacial score (nSPS) is 20.1. The van der Waals surface area contributed by atoms with Crippen LogP contribution in [0.1, 0.15) is 28.3 Å². The molecule has 2 bridgehead atoms. The fourth-order valence-electron chi connectivity index (χ4n) is 5.26. The maximum absolute atomic E-state index is 13.4. The molecule has 208 valence electrons. The molecule has 3 atom stereocenters. The highest BCUT2D eigenvalue weighted by molar-refractivity contribution is 6.31. The number of aryl methyl sites for hydroxylation is 1. The number of benzene rings is 2. The van der Waals surface area contributed by atoms with E-state index in [2.05, 4.69) is 10.2 Å². The molecule has 2 aliphatic heterocycles. The van der Waals surface area contributed by atoms with Gasteiger partial charge in [0.1, 0.15) is 11.9 Å². The van der Waals surface area contributed by atoms with Gasteiger partial charge >= 0.3 is 0 Å². The minimum atomic E-state index is -0.670. The number of nitrogens with two attached hydrogens (primary N) is 1. The van der Waals surface area contributed by atoms with Gasteiger partial charge in [-0.1, -0.05) is 29.8 Å². The fraction of sp³-hybridized carbons (Fsp3) is 0.407. The summed E-state index contributed by atoms with van der Waals surface area (Å²) in [4.78, 5) is 31.6. The predicted molar refractivity (Wildman–Crippen MR) is 154 cm³/mol. The molecule has 2 fully saturated rings. The summed E-state index contributed by atoms with van der Waals surface area (Å²) < 4.78 is 13.3. The van der Waals surface area contributed by atoms with Crippen LogP contribution in [0.4, 0.5) is 4.39 Å². The Morgan fingerprint density at radius 3 is 2.32 bits per heavy atom. The number of halogens is 4. The molecule has 0 saturated carbocycles. The van der Waals surface area contributed by atoms with Crippen molar-refractivity contribution < 1.29 is 14.0 Å². The molecule has 2 heterocycles. The van der Waals surface area contributed by atoms with Gasteiger partial charge < -0.3 is 16.0 Å². The van der Waals surface area contributed by atoms with Crippen molar-refractivity contribution in [3.8, 4) is 0 Å². The van der Waals surface area contributed by atoms with E-state index in [9.17, 15) is 14.0 Å². The van der Waals surface area contributed by atoms with Gasteiger partial charge in [-0.15, -0.1) is 24.8 Å². The summed E-state index contributed by atoms with van der Waals surface area (Å²) in [6.07, 6.45) is 3.34. The van der Waals surface area contributed by atoms with E-state index in [4.69, 9.17) is 17.3 Å². The zero-order chi connectivity index (χ0) is 26.0. The second-order valence-corrected chi connectivity index (χ2v) is 10.3. The van der Waals surface area contributed by atoms with Gasteiger partial charge in [-0.3, -0.25) is 19.4 Å². The van der Waals surface area contributed by atoms with Crippen LogP contribution in [-0.2, 0) is 16.1 Å². The Labute approximate surface area is 241 Å². The van der Waals surface area contributed by atoms with Crippen molar-refractivity contribution in [1.29, 1.82) is 0 Å². The molecule has 2 aromatic rings. The van der Waals surface area contributed by atoms with Crippen LogP contribution in [0, 0.1) is 12.7 Å². The zero-order valence-corrected chi connectivity index (χ0v) is 24.1. The highest BCUT2D eigenvalue weighted by atomic mass is 35.5. The zero-order valence-electron chi connectivity index (χ0n) is 21.7. The van der Waals surface area contributed by atoms with Crippen LogP contribution in [0.2, 0.25) is 5.02 Å². The lowest BCUT2D eigenvalue weighted by Crippen LogP contribution is -2.68. The van der Waals surface area contributed by atoms with Crippen molar-refractivity contribution in [2.75, 3.05) is 40.3 Å². The number of fused-ring (bicyclic) bond motifs is 2. The molecular weight excluding hydrogens is 552 g/mol. The number of piperazine rings is 2. The molecule has 0 aromatic heterocycles. The fourth-order valence-corrected chi connectivity index (χ4v) is 5.43. The van der Waals surface area contributed by atoms with Gasteiger partial charge in [-0.2, -0.15) is 0 Å². The molecule has 11 heteroatoms. The first-order valence-electron chi connectivity index (χ1n) is 12.1. The summed E-state index contributed by atoms with van der Waals surface area (Å²) in [6, 6.07) is 9.60. The number of nitrogens with one attached hydrogen (secondary N) is 1. The lowest BCUT2D eigenvalue weighted by atomic mass is 9.96. The first-order chi connectivity index (χ1) is 17.1. The third-order valence-electron chi connectivity index (χ3n) is 6.91. The standard InChI is InChI=1S/C27H33ClFN5O2.2ClH/c1-17-10-19(23(11-24(17)28)26(27(30)36)32(2)3)6-9-25(35)34-21-12-31-13-22(34)16-33(15-21)14-18-4-7-20(29)8-5-18;;/h4-11,21-22,26,31H,12-16H2,1-3H3,(H2,30,36);2*1H/b9-6+;;. The molecule has 0 aliphatic carbocycles. The van der Waals surface area contributed by atoms with E-state index < -0.39 is 11.9 Å². The maximum atomic E-state index is 13.4. The minimum absolute atomic E-state index is 0. The van der Waals surface area contributed by atoms with Crippen LogP contribution < -0.4 is 11.1 Å². The van der Waals surface area contributed by atoms with E-state index in [1.165, 1.54) is 12.1 Å². The van der Waals surface area contributed by atoms with Crippen LogP contribution >= 0.6 is 36.4 Å². The van der Waals surface area contributed by atoms with Gasteiger partial charge in [0.05, 0.1) is 12.1 Å². The number of nitrogens with zero attached hydrogens (tertiary/aromatic N) is 3. The molecule has 2 amide bonds. The van der Waals surface area contributed by atoms with Crippen LogP contribution in [-0.4, -0.2) is 78.9 Å². The van der Waals surface area contributed by atoms with E-state index in [1.54, 1.807) is 37.2 Å². The van der Waals surface area contributed by atoms with Crippen molar-refractivity contribution in [2.24, 2.45) is 5.73 Å². The number of amides is 2. The molecule has 4 rings (SSSR count). The number of carbonyl (C=O) groups excluding carboxylic acids is 2. The number of rotatable bonds is 7. The monoisotopic (exact) mass is 585 g/mol. The second kappa shape index (κ2) is 13.7. The maximum Gasteiger partial charge on any atom is 0.247 e. The van der Waals surface area contributed by atoms with Crippen molar-refractivity contribution in [3.63, 3.8) is 0 Å². The smallest absolute Gasteiger partial charge is 0.247 e. The number of likely N-dealkylation sites (N-methyl/N-ethyl adjacent to an activating group) is 1. The third kappa shape index (κ3) is 7.25. The summed E-state index contributed by atoms with van der Waals surface area (Å²) in [5, 5.41) is 3.98. The van der Waals surface area contributed by atoms with E-state index in [0.717, 1.165) is 36.3 Å². The Morgan fingerprint density at radius 1 is 1.16 bits per heavy atom. The molecule has 3 N–H and O–H groups in total. The Bertz CT molecular complexity index is 1150. The first kappa shape index (κ1) is 32.0. The van der Waals surface area contributed by atoms with Crippen LogP contribution in [0.15, 0.2) is 42.5 Å². The number of hydrogen-bond acceptors (Lipinski definition) is 5. The molecule has 7 nitrogen and oxygen atoms in total. The average Bonchev–Trinajstić information content (AvgIpc) is 2.80. The SMILES string of the molecule is Cc1cc(/C=C/C(=O)N2C3CNCC2CN(Cc2ccc(F)cc2)C3)c(C(C(N)=O)N(C)C)cc1Cl.Cl.Cl. The topological polar surface area (TPSA) is 81.9 Å². The highest BCUT2D eigenvalue weighted by Gasteiger charge is 2.39. The average molecular weight is 587 g/mol. The number of primary amides is 1. The van der Waals surface area contributed by atoms with Crippen LogP contribution in [0.3, 0.4) is 0 Å². The largest absolute Gasteiger partial charge is 0.368 e. The van der Waals surface area contributed by atoms with Gasteiger partial charge in [0.25, 0.3) is 0 Å². The van der Waals surface area contributed by atoms with E-state index in [0.29, 0.717) is 23.7 Å². The van der Waals surface area contributed by atoms with Crippen molar-refractivity contribution in [2.45, 2.75) is 31.6 Å². The van der Waals surface area contributed by atoms with Crippen LogP contribution in [0.5, 0.6) is 0 Å². The number of carbonyl (C=O) groups is 2. The summed E-state index contributed by atoms with van der Waals surface area (Å²) in [5.41, 5.74) is 8.99. The van der Waals surface area contributed by atoms with E-state index in [1.807, 2.05) is 30.0 Å². The summed E-state index contributed by atoms with van der Waals surface area (Å²) in [5.74, 6) is -0.792. The van der Waals surface area contributed by atoms with E-state index >= 15 is 0 Å². The Kier molecular flexibility index (Phi) is 11.6. The van der Waals surface area contributed by atoms with Gasteiger partial charge in [0.2, 0.25) is 11.8 Å². The predicted octanol–water partition coefficient (Wildman–Crippen LogP) is 3.42. The second-order valence-electron chi connectivity index (χ2n) is 9.86. The van der Waals surface area contributed by atoms with Gasteiger partial charge in [0, 0.05) is 43.8 Å². The molecular formula is C27H35Cl3FN5O2. The van der Waals surface area contributed by atoms with Crippen molar-refractivity contribution >= 4 is 54.3 Å². The van der Waals surface area contributed by atoms with Gasteiger partial charge in [0.15, 0.2) is 0 Å². The Hall–Kier alpha value is -2.20. The molecule has 2 saturated heterocycles. The summed E-state index contributed by atoms with van der Waals surface area (Å²) in [7, 11) is 3.56. The Balaban J connectivity index is 0.00000253. The quantitative estimate of drug-likeness (QED) is 0.486. The first-order valence-corrected chi connectivity index (χ1v) is 12.5. The lowest BCUT2D eigenvalue weighted by molar-refractivity contribution is -0.136. The highest BCUT2D eigenvalue weighted by Crippen LogP contribution is 2.29. The summed E-state index contributed by atoms with van der Waals surface area (Å²) >= 11 is 6.37. The van der Waals surface area contributed by atoms with Crippen molar-refractivity contribution in [1.82, 2.24) is 20.0 Å². The van der Waals surface area contributed by atoms with Gasteiger partial charge in [-0.25, -0.2) is 4.39 Å². The molecule has 2 aliphatic rings. The molecule has 38 heavy (non-hydrogen) atoms. The molecule has 0 radical (unpaired) electrons. The summed E-state index contributed by atoms with van der Waals surface area (Å²) in [6.45, 7) is 5.50. The molecule has 0 spiro atoms. The van der Waals surface area contributed by atoms with E-state index in [-0.39, 0.29) is 48.6 Å². The molecule has 2 aromatic carbocycles. The third-order valence-corrected chi connectivity index (χ3v) is 7.32. The van der Waals surface area contributed by atoms with Crippen molar-refractivity contribution in [3.05, 3.63) is 75.6 Å². The number of hydrogen-bond donors (Lipinski definition) is 2. The van der Waals surface area contributed by atoms with Gasteiger partial charge in [-0.05, 0) is 67.5 Å². The molecule has 3 unspecified atom stereocenters. The Morgan fingerprint density at radius 2 is 1.76 bits per heavy atom. The lowest BCUT2D eigenvalue weighted by Gasteiger charge is -2.50. The van der Waals surface area contributed by atoms with Crippen LogP contribution in [0.25, 0.3) is 6.08 Å². The minimum Gasteiger partial charge on any atom is -0.368 e.